The first kappa shape index (κ1) is 5.81. The van der Waals surface area contributed by atoms with Gasteiger partial charge in [0.25, 0.3) is 12.0 Å². The van der Waals surface area contributed by atoms with E-state index in [1.165, 1.54) is 6.07 Å². The molecule has 0 aliphatic rings. The number of carbonyl (C=O) groups is 1. The second-order valence-corrected chi connectivity index (χ2v) is 1.27. The van der Waals surface area contributed by atoms with Crippen molar-refractivity contribution in [3.63, 3.8) is 0 Å². The molecule has 1 heterocycles. The van der Waals surface area contributed by atoms with Gasteiger partial charge in [0, 0.05) is 12.1 Å². The Bertz CT molecular complexity index is 206. The average Bonchev–Trinajstić information content (AvgIpc) is 2.17. The Morgan fingerprint density at radius 3 is 2.89 bits per heavy atom. The molecule has 0 radical (unpaired) electrons. The van der Waals surface area contributed by atoms with Crippen LogP contribution in [0.25, 0.3) is 0 Å². The fourth-order valence-electron chi connectivity index (χ4n) is 0.408. The van der Waals surface area contributed by atoms with Crippen molar-refractivity contribution < 1.29 is 18.3 Å². The van der Waals surface area contributed by atoms with Crippen LogP contribution in [-0.4, -0.2) is 6.47 Å². The molecule has 0 aliphatic heterocycles. The Morgan fingerprint density at radius 1 is 1.67 bits per heavy atom. The van der Waals surface area contributed by atoms with E-state index in [1.807, 2.05) is 0 Å². The van der Waals surface area contributed by atoms with Crippen molar-refractivity contribution >= 4 is 6.47 Å². The van der Waals surface area contributed by atoms with Crippen LogP contribution in [0.2, 0.25) is 0 Å². The van der Waals surface area contributed by atoms with Crippen molar-refractivity contribution in [2.75, 3.05) is 0 Å². The third-order valence-corrected chi connectivity index (χ3v) is 0.713. The van der Waals surface area contributed by atoms with Crippen LogP contribution in [0.15, 0.2) is 16.5 Å². The van der Waals surface area contributed by atoms with E-state index in [1.54, 1.807) is 0 Å². The predicted molar refractivity (Wildman–Crippen MR) is 25.4 cm³/mol. The molecule has 0 N–H and O–H groups in total. The van der Waals surface area contributed by atoms with Gasteiger partial charge in [-0.1, -0.05) is 0 Å². The largest absolute Gasteiger partial charge is 0.398 e. The highest BCUT2D eigenvalue weighted by molar-refractivity contribution is 5.42. The Balaban J connectivity index is 2.72. The summed E-state index contributed by atoms with van der Waals surface area (Å²) >= 11 is 0. The van der Waals surface area contributed by atoms with Gasteiger partial charge in [-0.05, 0) is 0 Å². The molecule has 0 spiro atoms. The average molecular weight is 130 g/mol. The molecule has 0 unspecified atom stereocenters. The zero-order valence-electron chi connectivity index (χ0n) is 4.33. The SMILES string of the molecule is O=COc1ccc(F)o1. The van der Waals surface area contributed by atoms with Gasteiger partial charge in [0.1, 0.15) is 0 Å². The quantitative estimate of drug-likeness (QED) is 0.559. The second-order valence-electron chi connectivity index (χ2n) is 1.27. The van der Waals surface area contributed by atoms with Crippen molar-refractivity contribution in [1.82, 2.24) is 0 Å². The van der Waals surface area contributed by atoms with Gasteiger partial charge < -0.3 is 9.15 Å². The summed E-state index contributed by atoms with van der Waals surface area (Å²) in [5, 5.41) is 0. The molecule has 1 rings (SSSR count). The topological polar surface area (TPSA) is 39.4 Å². The highest BCUT2D eigenvalue weighted by Gasteiger charge is 1.98. The molecule has 48 valence electrons. The van der Waals surface area contributed by atoms with Gasteiger partial charge >= 0.3 is 6.47 Å². The summed E-state index contributed by atoms with van der Waals surface area (Å²) in [4.78, 5) is 9.58. The van der Waals surface area contributed by atoms with Crippen LogP contribution in [0, 0.1) is 6.01 Å². The van der Waals surface area contributed by atoms with Crippen LogP contribution in [0.1, 0.15) is 0 Å². The lowest BCUT2D eigenvalue weighted by atomic mass is 10.6. The third-order valence-electron chi connectivity index (χ3n) is 0.713. The zero-order chi connectivity index (χ0) is 6.69. The van der Waals surface area contributed by atoms with Gasteiger partial charge in [-0.3, -0.25) is 4.79 Å². The van der Waals surface area contributed by atoms with Gasteiger partial charge in [-0.15, -0.1) is 0 Å². The molecule has 1 aromatic rings. The monoisotopic (exact) mass is 130 g/mol. The molecular formula is C5H3FO3. The van der Waals surface area contributed by atoms with E-state index in [-0.39, 0.29) is 12.4 Å². The first-order valence-corrected chi connectivity index (χ1v) is 2.18. The molecule has 1 aromatic heterocycles. The van der Waals surface area contributed by atoms with E-state index in [0.29, 0.717) is 0 Å². The normalized spacial score (nSPS) is 9.00. The molecule has 4 heteroatoms. The maximum Gasteiger partial charge on any atom is 0.300 e. The Kier molecular flexibility index (Phi) is 1.48. The van der Waals surface area contributed by atoms with E-state index in [4.69, 9.17) is 0 Å². The van der Waals surface area contributed by atoms with Gasteiger partial charge in [0.05, 0.1) is 0 Å². The van der Waals surface area contributed by atoms with Crippen LogP contribution in [0.5, 0.6) is 5.95 Å². The minimum Gasteiger partial charge on any atom is -0.398 e. The fraction of sp³-hybridized carbons (Fsp3) is 0. The molecule has 0 bridgehead atoms. The van der Waals surface area contributed by atoms with Gasteiger partial charge in [0.15, 0.2) is 0 Å². The highest BCUT2D eigenvalue weighted by Crippen LogP contribution is 2.12. The van der Waals surface area contributed by atoms with Crippen molar-refractivity contribution in [1.29, 1.82) is 0 Å². The fourth-order valence-corrected chi connectivity index (χ4v) is 0.408. The smallest absolute Gasteiger partial charge is 0.300 e. The molecule has 0 fully saturated rings. The van der Waals surface area contributed by atoms with E-state index >= 15 is 0 Å². The summed E-state index contributed by atoms with van der Waals surface area (Å²) in [7, 11) is 0. The van der Waals surface area contributed by atoms with E-state index in [9.17, 15) is 9.18 Å². The minimum atomic E-state index is -0.771. The van der Waals surface area contributed by atoms with Crippen molar-refractivity contribution in [3.8, 4) is 5.95 Å². The number of hydrogen-bond donors (Lipinski definition) is 0. The maximum atomic E-state index is 11.9. The van der Waals surface area contributed by atoms with Gasteiger partial charge in [-0.2, -0.15) is 4.39 Å². The summed E-state index contributed by atoms with van der Waals surface area (Å²) in [5.41, 5.74) is 0. The predicted octanol–water partition coefficient (Wildman–Crippen LogP) is 0.954. The Labute approximate surface area is 50.0 Å². The molecule has 0 aromatic carbocycles. The minimum absolute atomic E-state index is 0.137. The summed E-state index contributed by atoms with van der Waals surface area (Å²) in [6.07, 6.45) is 0. The molecule has 0 saturated carbocycles. The molecule has 0 atom stereocenters. The van der Waals surface area contributed by atoms with Crippen molar-refractivity contribution in [2.24, 2.45) is 0 Å². The Hall–Kier alpha value is -1.32. The number of hydrogen-bond acceptors (Lipinski definition) is 3. The molecular weight excluding hydrogens is 127 g/mol. The van der Waals surface area contributed by atoms with Crippen LogP contribution in [-0.2, 0) is 4.79 Å². The first-order valence-electron chi connectivity index (χ1n) is 2.18. The Morgan fingerprint density at radius 2 is 2.44 bits per heavy atom. The van der Waals surface area contributed by atoms with E-state index in [0.717, 1.165) is 6.07 Å². The number of furan rings is 1. The lowest BCUT2D eigenvalue weighted by Crippen LogP contribution is -1.84. The number of halogens is 1. The summed E-state index contributed by atoms with van der Waals surface area (Å²) in [6.45, 7) is 0.165. The van der Waals surface area contributed by atoms with Crippen LogP contribution in [0.3, 0.4) is 0 Å². The van der Waals surface area contributed by atoms with E-state index < -0.39 is 6.01 Å². The number of ether oxygens (including phenoxy) is 1. The molecule has 9 heavy (non-hydrogen) atoms. The van der Waals surface area contributed by atoms with Crippen LogP contribution >= 0.6 is 0 Å². The standard InChI is InChI=1S/C5H3FO3/c6-4-1-2-5(9-4)8-3-7/h1-3H. The summed E-state index contributed by atoms with van der Waals surface area (Å²) < 4.78 is 20.2. The number of rotatable bonds is 2. The number of carbonyl (C=O) groups excluding carboxylic acids is 1. The molecule has 0 saturated heterocycles. The second kappa shape index (κ2) is 2.30. The third kappa shape index (κ3) is 1.28. The van der Waals surface area contributed by atoms with E-state index in [2.05, 4.69) is 9.15 Å². The van der Waals surface area contributed by atoms with Crippen LogP contribution < -0.4 is 4.74 Å². The van der Waals surface area contributed by atoms with Crippen molar-refractivity contribution in [3.05, 3.63) is 18.1 Å². The van der Waals surface area contributed by atoms with Crippen LogP contribution in [0.4, 0.5) is 4.39 Å². The molecule has 0 aliphatic carbocycles. The summed E-state index contributed by atoms with van der Waals surface area (Å²) in [6, 6.07) is 1.50. The highest BCUT2D eigenvalue weighted by atomic mass is 19.1. The lowest BCUT2D eigenvalue weighted by Gasteiger charge is -1.84. The molecule has 0 amide bonds. The lowest BCUT2D eigenvalue weighted by molar-refractivity contribution is -0.121. The first-order chi connectivity index (χ1) is 4.33. The van der Waals surface area contributed by atoms with Crippen molar-refractivity contribution in [2.45, 2.75) is 0 Å². The zero-order valence-corrected chi connectivity index (χ0v) is 4.33. The molecule has 3 nitrogen and oxygen atoms in total. The summed E-state index contributed by atoms with van der Waals surface area (Å²) in [5.74, 6) is -0.137. The maximum absolute atomic E-state index is 11.9. The van der Waals surface area contributed by atoms with Gasteiger partial charge in [0.2, 0.25) is 0 Å². The van der Waals surface area contributed by atoms with Gasteiger partial charge in [-0.25, -0.2) is 0 Å².